The molecule has 51 heavy (non-hydrogen) atoms. The van der Waals surface area contributed by atoms with E-state index in [-0.39, 0.29) is 24.4 Å². The number of ether oxygens (including phenoxy) is 2. The van der Waals surface area contributed by atoms with Gasteiger partial charge in [0.25, 0.3) is 11.8 Å². The Morgan fingerprint density at radius 2 is 1.31 bits per heavy atom. The lowest BCUT2D eigenvalue weighted by atomic mass is 10.1. The van der Waals surface area contributed by atoms with Crippen molar-refractivity contribution in [1.29, 1.82) is 0 Å². The maximum Gasteiger partial charge on any atom is 0.363 e. The minimum atomic E-state index is -0.779. The number of hydrogen-bond donors (Lipinski definition) is 0. The van der Waals surface area contributed by atoms with E-state index in [2.05, 4.69) is 28.6 Å². The van der Waals surface area contributed by atoms with Gasteiger partial charge in [-0.05, 0) is 99.0 Å². The molecular weight excluding hydrogens is 646 g/mol. The number of esters is 1. The Bertz CT molecular complexity index is 1750. The third-order valence-corrected chi connectivity index (χ3v) is 8.10. The van der Waals surface area contributed by atoms with Crippen molar-refractivity contribution in [3.05, 3.63) is 101 Å². The van der Waals surface area contributed by atoms with Crippen LogP contribution in [-0.4, -0.2) is 42.0 Å². The van der Waals surface area contributed by atoms with Gasteiger partial charge in [-0.25, -0.2) is 9.59 Å². The summed E-state index contributed by atoms with van der Waals surface area (Å²) in [4.78, 5) is 51.9. The molecule has 1 aliphatic rings. The molecule has 0 bridgehead atoms. The number of carbonyl (C=O) groups excluding carboxylic acids is 4. The van der Waals surface area contributed by atoms with Crippen molar-refractivity contribution < 1.29 is 33.5 Å². The fraction of sp³-hybridized carbons (Fsp3) is 0.366. The molecule has 0 N–H and O–H groups in total. The first-order valence-electron chi connectivity index (χ1n) is 17.5. The number of amides is 2. The highest BCUT2D eigenvalue weighted by molar-refractivity contribution is 6.02. The maximum atomic E-state index is 12.3. The predicted molar refractivity (Wildman–Crippen MR) is 194 cm³/mol. The molecule has 0 aromatic heterocycles. The van der Waals surface area contributed by atoms with E-state index in [0.29, 0.717) is 29.4 Å². The fourth-order valence-electron chi connectivity index (χ4n) is 5.11. The first-order chi connectivity index (χ1) is 24.7. The average molecular weight is 692 g/mol. The first-order valence-corrected chi connectivity index (χ1v) is 17.5. The second kappa shape index (κ2) is 20.2. The summed E-state index contributed by atoms with van der Waals surface area (Å²) in [5, 5.41) is 9.32. The number of rotatable bonds is 18. The van der Waals surface area contributed by atoms with E-state index in [1.165, 1.54) is 44.2 Å². The average Bonchev–Trinajstić information content (AvgIpc) is 3.44. The van der Waals surface area contributed by atoms with Crippen LogP contribution in [0.25, 0.3) is 0 Å². The lowest BCUT2D eigenvalue weighted by Crippen LogP contribution is -2.32. The second-order valence-electron chi connectivity index (χ2n) is 12.4. The van der Waals surface area contributed by atoms with E-state index in [1.807, 2.05) is 49.4 Å². The monoisotopic (exact) mass is 691 g/mol. The van der Waals surface area contributed by atoms with E-state index < -0.39 is 17.8 Å². The van der Waals surface area contributed by atoms with Crippen LogP contribution < -0.4 is 4.74 Å². The summed E-state index contributed by atoms with van der Waals surface area (Å²) in [5.74, 6) is 4.87. The first kappa shape index (κ1) is 38.2. The molecule has 0 aliphatic carbocycles. The van der Waals surface area contributed by atoms with Crippen LogP contribution in [0, 0.1) is 18.8 Å². The van der Waals surface area contributed by atoms with E-state index in [0.717, 1.165) is 53.9 Å². The molecule has 10 heteroatoms. The molecule has 1 heterocycles. The Hall–Kier alpha value is -5.56. The highest BCUT2D eigenvalue weighted by Crippen LogP contribution is 2.25. The molecular formula is C41H45N3O7. The zero-order valence-corrected chi connectivity index (χ0v) is 29.4. The number of carbonyl (C=O) groups is 4. The van der Waals surface area contributed by atoms with Crippen molar-refractivity contribution in [1.82, 2.24) is 5.06 Å². The van der Waals surface area contributed by atoms with Gasteiger partial charge in [-0.3, -0.25) is 9.59 Å². The van der Waals surface area contributed by atoms with Crippen LogP contribution in [0.15, 0.2) is 89.1 Å². The van der Waals surface area contributed by atoms with E-state index in [4.69, 9.17) is 14.3 Å². The summed E-state index contributed by atoms with van der Waals surface area (Å²) in [5.41, 5.74) is 4.53. The summed E-state index contributed by atoms with van der Waals surface area (Å²) >= 11 is 0. The number of aryl methyl sites for hydroxylation is 1. The fourth-order valence-corrected chi connectivity index (χ4v) is 5.11. The van der Waals surface area contributed by atoms with Crippen LogP contribution in [0.1, 0.15) is 105 Å². The summed E-state index contributed by atoms with van der Waals surface area (Å²) in [6.07, 6.45) is 10.3. The summed E-state index contributed by atoms with van der Waals surface area (Å²) in [6.45, 7) is 8.36. The van der Waals surface area contributed by atoms with Gasteiger partial charge < -0.3 is 14.3 Å². The van der Waals surface area contributed by atoms with Gasteiger partial charge in [0.1, 0.15) is 5.75 Å². The van der Waals surface area contributed by atoms with Crippen molar-refractivity contribution in [2.24, 2.45) is 10.2 Å². The quantitative estimate of drug-likeness (QED) is 0.0326. The lowest BCUT2D eigenvalue weighted by molar-refractivity contribution is -0.172. The van der Waals surface area contributed by atoms with Gasteiger partial charge >= 0.3 is 11.9 Å². The molecule has 0 atom stereocenters. The number of hydroxylamine groups is 2. The molecule has 266 valence electrons. The Morgan fingerprint density at radius 1 is 0.745 bits per heavy atom. The van der Waals surface area contributed by atoms with E-state index in [9.17, 15) is 19.2 Å². The third kappa shape index (κ3) is 13.0. The predicted octanol–water partition coefficient (Wildman–Crippen LogP) is 9.04. The highest BCUT2D eigenvalue weighted by Gasteiger charge is 2.33. The van der Waals surface area contributed by atoms with Crippen molar-refractivity contribution in [3.63, 3.8) is 0 Å². The van der Waals surface area contributed by atoms with Crippen LogP contribution in [0.4, 0.5) is 11.4 Å². The number of imide groups is 1. The molecule has 3 aromatic rings. The molecule has 0 saturated carbocycles. The van der Waals surface area contributed by atoms with Gasteiger partial charge in [0, 0.05) is 29.5 Å². The van der Waals surface area contributed by atoms with Gasteiger partial charge in [0.15, 0.2) is 0 Å². The standard InChI is InChI=1S/C41H45N3O7/c1-30(2)40(47)50-28-12-10-8-6-4-5-7-9-11-27-49-36-22-20-35(21-23-36)42-43-37-24-17-33(29-31(37)3)14-13-32-15-18-34(19-16-32)41(48)51-44-38(45)25-26-39(44)46/h15-24,29H,1,4-12,25-28H2,2-3H3. The summed E-state index contributed by atoms with van der Waals surface area (Å²) < 4.78 is 11.0. The normalized spacial score (nSPS) is 12.5. The topological polar surface area (TPSA) is 124 Å². The van der Waals surface area contributed by atoms with Crippen LogP contribution in [-0.2, 0) is 24.0 Å². The van der Waals surface area contributed by atoms with Crippen LogP contribution in [0.3, 0.4) is 0 Å². The molecule has 1 saturated heterocycles. The van der Waals surface area contributed by atoms with Crippen LogP contribution in [0.5, 0.6) is 5.75 Å². The largest absolute Gasteiger partial charge is 0.494 e. The van der Waals surface area contributed by atoms with Crippen molar-refractivity contribution in [2.75, 3.05) is 13.2 Å². The zero-order chi connectivity index (χ0) is 36.4. The zero-order valence-electron chi connectivity index (χ0n) is 29.4. The Labute approximate surface area is 299 Å². The molecule has 0 unspecified atom stereocenters. The molecule has 3 aromatic carbocycles. The molecule has 10 nitrogen and oxygen atoms in total. The number of benzene rings is 3. The maximum absolute atomic E-state index is 12.3. The van der Waals surface area contributed by atoms with E-state index in [1.54, 1.807) is 19.1 Å². The molecule has 1 fully saturated rings. The SMILES string of the molecule is C=C(C)C(=O)OCCCCCCCCCCCOc1ccc(N=Nc2ccc(C#Cc3ccc(C(=O)ON4C(=O)CCC4=O)cc3)cc2C)cc1. The third-order valence-electron chi connectivity index (χ3n) is 8.10. The van der Waals surface area contributed by atoms with Gasteiger partial charge in [-0.2, -0.15) is 10.2 Å². The minimum Gasteiger partial charge on any atom is -0.494 e. The van der Waals surface area contributed by atoms with Gasteiger partial charge in [0.05, 0.1) is 30.2 Å². The van der Waals surface area contributed by atoms with Crippen molar-refractivity contribution >= 4 is 35.1 Å². The molecule has 4 rings (SSSR count). The van der Waals surface area contributed by atoms with Crippen LogP contribution >= 0.6 is 0 Å². The number of unbranched alkanes of at least 4 members (excludes halogenated alkanes) is 8. The molecule has 1 aliphatic heterocycles. The summed E-state index contributed by atoms with van der Waals surface area (Å²) in [7, 11) is 0. The Morgan fingerprint density at radius 3 is 1.92 bits per heavy atom. The summed E-state index contributed by atoms with van der Waals surface area (Å²) in [6, 6.07) is 19.7. The van der Waals surface area contributed by atoms with E-state index >= 15 is 0 Å². The minimum absolute atomic E-state index is 0.0415. The van der Waals surface area contributed by atoms with Gasteiger partial charge in [-0.15, -0.1) is 5.06 Å². The molecule has 0 radical (unpaired) electrons. The molecule has 0 spiro atoms. The Kier molecular flexibility index (Phi) is 15.1. The number of hydrogen-bond acceptors (Lipinski definition) is 9. The Balaban J connectivity index is 1.11. The van der Waals surface area contributed by atoms with Crippen LogP contribution in [0.2, 0.25) is 0 Å². The smallest absolute Gasteiger partial charge is 0.363 e. The van der Waals surface area contributed by atoms with Gasteiger partial charge in [0.2, 0.25) is 0 Å². The highest BCUT2D eigenvalue weighted by atomic mass is 16.7. The van der Waals surface area contributed by atoms with Gasteiger partial charge in [-0.1, -0.05) is 63.4 Å². The van der Waals surface area contributed by atoms with Crippen molar-refractivity contribution in [3.8, 4) is 17.6 Å². The number of azo groups is 1. The second-order valence-corrected chi connectivity index (χ2v) is 12.4. The molecule has 2 amide bonds. The lowest BCUT2D eigenvalue weighted by Gasteiger charge is -2.12. The van der Waals surface area contributed by atoms with Crippen molar-refractivity contribution in [2.45, 2.75) is 84.5 Å². The number of nitrogens with zero attached hydrogens (tertiary/aromatic N) is 3.